The second kappa shape index (κ2) is 7.04. The minimum Gasteiger partial charge on any atom is -0.330 e. The third-order valence-corrected chi connectivity index (χ3v) is 3.53. The van der Waals surface area contributed by atoms with Gasteiger partial charge in [-0.05, 0) is 55.6 Å². The first-order valence-electron chi connectivity index (χ1n) is 7.23. The standard InChI is InChI=1S/C18H22N2O/c1-13-3-4-14(2)16(11-13)12-18(21)20-17-7-5-15(6-8-17)9-10-19/h3-8,11H,9-10,12,19H2,1-2H3,(H,20,21). The highest BCUT2D eigenvalue weighted by Crippen LogP contribution is 2.14. The molecule has 2 aromatic rings. The Balaban J connectivity index is 1.99. The van der Waals surface area contributed by atoms with Gasteiger partial charge in [0.2, 0.25) is 5.91 Å². The summed E-state index contributed by atoms with van der Waals surface area (Å²) in [5.74, 6) is 0.00951. The molecule has 0 saturated heterocycles. The summed E-state index contributed by atoms with van der Waals surface area (Å²) in [6.07, 6.45) is 1.26. The molecule has 0 aliphatic carbocycles. The van der Waals surface area contributed by atoms with Crippen LogP contribution in [0.25, 0.3) is 0 Å². The van der Waals surface area contributed by atoms with Gasteiger partial charge in [0.05, 0.1) is 6.42 Å². The maximum atomic E-state index is 12.1. The molecule has 3 heteroatoms. The predicted molar refractivity (Wildman–Crippen MR) is 87.5 cm³/mol. The van der Waals surface area contributed by atoms with Crippen molar-refractivity contribution in [1.29, 1.82) is 0 Å². The van der Waals surface area contributed by atoms with Gasteiger partial charge in [0.25, 0.3) is 0 Å². The topological polar surface area (TPSA) is 55.1 Å². The highest BCUT2D eigenvalue weighted by Gasteiger charge is 2.07. The van der Waals surface area contributed by atoms with Crippen LogP contribution in [0.15, 0.2) is 42.5 Å². The van der Waals surface area contributed by atoms with Gasteiger partial charge in [-0.15, -0.1) is 0 Å². The van der Waals surface area contributed by atoms with Crippen molar-refractivity contribution in [2.24, 2.45) is 5.73 Å². The van der Waals surface area contributed by atoms with Gasteiger partial charge in [-0.2, -0.15) is 0 Å². The van der Waals surface area contributed by atoms with Gasteiger partial charge in [0.15, 0.2) is 0 Å². The van der Waals surface area contributed by atoms with Crippen LogP contribution in [0.3, 0.4) is 0 Å². The summed E-state index contributed by atoms with van der Waals surface area (Å²) in [5.41, 5.74) is 10.9. The zero-order chi connectivity index (χ0) is 15.2. The molecule has 0 aliphatic rings. The van der Waals surface area contributed by atoms with E-state index in [1.54, 1.807) is 0 Å². The normalized spacial score (nSPS) is 10.4. The maximum Gasteiger partial charge on any atom is 0.228 e. The molecule has 0 aliphatic heterocycles. The van der Waals surface area contributed by atoms with Crippen molar-refractivity contribution in [3.63, 3.8) is 0 Å². The second-order valence-electron chi connectivity index (χ2n) is 5.39. The first-order chi connectivity index (χ1) is 10.1. The largest absolute Gasteiger partial charge is 0.330 e. The molecule has 3 N–H and O–H groups in total. The van der Waals surface area contributed by atoms with Crippen LogP contribution in [0.2, 0.25) is 0 Å². The van der Waals surface area contributed by atoms with Crippen LogP contribution >= 0.6 is 0 Å². The van der Waals surface area contributed by atoms with Gasteiger partial charge in [0, 0.05) is 5.69 Å². The van der Waals surface area contributed by atoms with Gasteiger partial charge >= 0.3 is 0 Å². The summed E-state index contributed by atoms with van der Waals surface area (Å²) in [6, 6.07) is 14.0. The average Bonchev–Trinajstić information content (AvgIpc) is 2.45. The fraction of sp³-hybridized carbons (Fsp3) is 0.278. The molecule has 0 atom stereocenters. The van der Waals surface area contributed by atoms with Gasteiger partial charge in [-0.25, -0.2) is 0 Å². The molecule has 0 heterocycles. The number of rotatable bonds is 5. The molecule has 0 fully saturated rings. The molecule has 0 radical (unpaired) electrons. The number of nitrogens with two attached hydrogens (primary N) is 1. The molecule has 0 unspecified atom stereocenters. The summed E-state index contributed by atoms with van der Waals surface area (Å²) in [5, 5.41) is 2.94. The minimum absolute atomic E-state index is 0.00951. The quantitative estimate of drug-likeness (QED) is 0.885. The van der Waals surface area contributed by atoms with Crippen molar-refractivity contribution < 1.29 is 4.79 Å². The van der Waals surface area contributed by atoms with E-state index in [-0.39, 0.29) is 5.91 Å². The molecular formula is C18H22N2O. The van der Waals surface area contributed by atoms with Crippen LogP contribution in [0.4, 0.5) is 5.69 Å². The number of amides is 1. The lowest BCUT2D eigenvalue weighted by Gasteiger charge is -2.09. The Bertz CT molecular complexity index is 618. The molecule has 0 bridgehead atoms. The van der Waals surface area contributed by atoms with Gasteiger partial charge in [-0.3, -0.25) is 4.79 Å². The Morgan fingerprint density at radius 1 is 1.10 bits per heavy atom. The lowest BCUT2D eigenvalue weighted by Crippen LogP contribution is -2.15. The monoisotopic (exact) mass is 282 g/mol. The van der Waals surface area contributed by atoms with Crippen LogP contribution in [0.5, 0.6) is 0 Å². The second-order valence-corrected chi connectivity index (χ2v) is 5.39. The molecule has 0 spiro atoms. The number of benzene rings is 2. The number of anilines is 1. The van der Waals surface area contributed by atoms with E-state index in [2.05, 4.69) is 23.5 Å². The first kappa shape index (κ1) is 15.3. The van der Waals surface area contributed by atoms with E-state index in [4.69, 9.17) is 5.73 Å². The van der Waals surface area contributed by atoms with Gasteiger partial charge < -0.3 is 11.1 Å². The highest BCUT2D eigenvalue weighted by molar-refractivity contribution is 5.92. The number of carbonyl (C=O) groups is 1. The third kappa shape index (κ3) is 4.43. The maximum absolute atomic E-state index is 12.1. The van der Waals surface area contributed by atoms with Crippen LogP contribution < -0.4 is 11.1 Å². The van der Waals surface area contributed by atoms with Crippen LogP contribution in [0, 0.1) is 13.8 Å². The summed E-state index contributed by atoms with van der Waals surface area (Å²) in [6.45, 7) is 4.71. The molecule has 1 amide bonds. The van der Waals surface area contributed by atoms with Crippen molar-refractivity contribution in [2.45, 2.75) is 26.7 Å². The molecule has 0 aromatic heterocycles. The number of aryl methyl sites for hydroxylation is 2. The van der Waals surface area contributed by atoms with Crippen molar-refractivity contribution in [3.05, 3.63) is 64.7 Å². The van der Waals surface area contributed by atoms with Crippen LogP contribution in [0.1, 0.15) is 22.3 Å². The minimum atomic E-state index is 0.00951. The molecular weight excluding hydrogens is 260 g/mol. The number of hydrogen-bond donors (Lipinski definition) is 2. The average molecular weight is 282 g/mol. The third-order valence-electron chi connectivity index (χ3n) is 3.53. The Kier molecular flexibility index (Phi) is 5.12. The van der Waals surface area contributed by atoms with E-state index in [1.165, 1.54) is 11.1 Å². The van der Waals surface area contributed by atoms with E-state index in [0.29, 0.717) is 13.0 Å². The lowest BCUT2D eigenvalue weighted by molar-refractivity contribution is -0.115. The molecule has 110 valence electrons. The van der Waals surface area contributed by atoms with E-state index in [1.807, 2.05) is 38.1 Å². The van der Waals surface area contributed by atoms with Crippen molar-refractivity contribution >= 4 is 11.6 Å². The zero-order valence-electron chi connectivity index (χ0n) is 12.6. The van der Waals surface area contributed by atoms with Crippen molar-refractivity contribution in [1.82, 2.24) is 0 Å². The lowest BCUT2D eigenvalue weighted by atomic mass is 10.0. The van der Waals surface area contributed by atoms with E-state index >= 15 is 0 Å². The van der Waals surface area contributed by atoms with E-state index < -0.39 is 0 Å². The zero-order valence-corrected chi connectivity index (χ0v) is 12.6. The summed E-state index contributed by atoms with van der Waals surface area (Å²) >= 11 is 0. The molecule has 3 nitrogen and oxygen atoms in total. The summed E-state index contributed by atoms with van der Waals surface area (Å²) < 4.78 is 0. The fourth-order valence-corrected chi connectivity index (χ4v) is 2.29. The Hall–Kier alpha value is -2.13. The van der Waals surface area contributed by atoms with E-state index in [9.17, 15) is 4.79 Å². The number of hydrogen-bond acceptors (Lipinski definition) is 2. The smallest absolute Gasteiger partial charge is 0.228 e. The Labute approximate surface area is 126 Å². The fourth-order valence-electron chi connectivity index (χ4n) is 2.29. The Morgan fingerprint density at radius 3 is 2.48 bits per heavy atom. The number of nitrogens with one attached hydrogen (secondary N) is 1. The molecule has 2 rings (SSSR count). The van der Waals surface area contributed by atoms with Crippen LogP contribution in [-0.2, 0) is 17.6 Å². The molecule has 2 aromatic carbocycles. The number of carbonyl (C=O) groups excluding carboxylic acids is 1. The first-order valence-corrected chi connectivity index (χ1v) is 7.23. The molecule has 21 heavy (non-hydrogen) atoms. The van der Waals surface area contributed by atoms with Crippen molar-refractivity contribution in [2.75, 3.05) is 11.9 Å². The highest BCUT2D eigenvalue weighted by atomic mass is 16.1. The SMILES string of the molecule is Cc1ccc(C)c(CC(=O)Nc2ccc(CCN)cc2)c1. The van der Waals surface area contributed by atoms with Crippen molar-refractivity contribution in [3.8, 4) is 0 Å². The van der Waals surface area contributed by atoms with Gasteiger partial charge in [0.1, 0.15) is 0 Å². The Morgan fingerprint density at radius 2 is 1.81 bits per heavy atom. The van der Waals surface area contributed by atoms with E-state index in [0.717, 1.165) is 23.2 Å². The van der Waals surface area contributed by atoms with Gasteiger partial charge in [-0.1, -0.05) is 35.9 Å². The van der Waals surface area contributed by atoms with Crippen LogP contribution in [-0.4, -0.2) is 12.5 Å². The summed E-state index contributed by atoms with van der Waals surface area (Å²) in [7, 11) is 0. The summed E-state index contributed by atoms with van der Waals surface area (Å²) in [4.78, 5) is 12.1. The molecule has 0 saturated carbocycles. The predicted octanol–water partition coefficient (Wildman–Crippen LogP) is 2.99.